The molecule has 1 heterocycles. The SMILES string of the molecule is CC1(C)CNc2cc(CCN)ccc2O1. The van der Waals surface area contributed by atoms with E-state index in [0.717, 1.165) is 24.4 Å². The van der Waals surface area contributed by atoms with Gasteiger partial charge in [-0.1, -0.05) is 6.07 Å². The van der Waals surface area contributed by atoms with Crippen molar-refractivity contribution < 1.29 is 4.74 Å². The van der Waals surface area contributed by atoms with Crippen molar-refractivity contribution in [2.75, 3.05) is 18.4 Å². The molecular weight excluding hydrogens is 188 g/mol. The quantitative estimate of drug-likeness (QED) is 0.775. The molecular formula is C12H18N2O. The number of ether oxygens (including phenoxy) is 1. The van der Waals surface area contributed by atoms with Gasteiger partial charge in [0.25, 0.3) is 0 Å². The monoisotopic (exact) mass is 206 g/mol. The van der Waals surface area contributed by atoms with Gasteiger partial charge in [-0.15, -0.1) is 0 Å². The fourth-order valence-corrected chi connectivity index (χ4v) is 1.77. The highest BCUT2D eigenvalue weighted by Crippen LogP contribution is 2.33. The maximum absolute atomic E-state index is 5.86. The van der Waals surface area contributed by atoms with Gasteiger partial charge < -0.3 is 15.8 Å². The van der Waals surface area contributed by atoms with Gasteiger partial charge in [0.1, 0.15) is 11.4 Å². The highest BCUT2D eigenvalue weighted by atomic mass is 16.5. The van der Waals surface area contributed by atoms with Crippen molar-refractivity contribution in [3.63, 3.8) is 0 Å². The smallest absolute Gasteiger partial charge is 0.143 e. The van der Waals surface area contributed by atoms with Gasteiger partial charge in [0.2, 0.25) is 0 Å². The average molecular weight is 206 g/mol. The molecule has 15 heavy (non-hydrogen) atoms. The van der Waals surface area contributed by atoms with Crippen molar-refractivity contribution in [3.05, 3.63) is 23.8 Å². The minimum atomic E-state index is -0.123. The molecule has 0 amide bonds. The maximum atomic E-state index is 5.86. The van der Waals surface area contributed by atoms with E-state index in [0.29, 0.717) is 6.54 Å². The first-order chi connectivity index (χ1) is 7.11. The third-order valence-corrected chi connectivity index (χ3v) is 2.57. The van der Waals surface area contributed by atoms with Crippen LogP contribution in [-0.2, 0) is 6.42 Å². The molecule has 82 valence electrons. The van der Waals surface area contributed by atoms with Gasteiger partial charge in [-0.05, 0) is 44.5 Å². The predicted molar refractivity (Wildman–Crippen MR) is 62.4 cm³/mol. The Labute approximate surface area is 90.6 Å². The van der Waals surface area contributed by atoms with E-state index in [-0.39, 0.29) is 5.60 Å². The molecule has 0 fully saturated rings. The summed E-state index contributed by atoms with van der Waals surface area (Å²) >= 11 is 0. The van der Waals surface area contributed by atoms with Crippen LogP contribution in [-0.4, -0.2) is 18.7 Å². The molecule has 2 rings (SSSR count). The van der Waals surface area contributed by atoms with E-state index in [1.165, 1.54) is 5.56 Å². The first kappa shape index (κ1) is 10.3. The van der Waals surface area contributed by atoms with E-state index in [4.69, 9.17) is 10.5 Å². The number of anilines is 1. The summed E-state index contributed by atoms with van der Waals surface area (Å²) < 4.78 is 5.86. The molecule has 1 aliphatic heterocycles. The summed E-state index contributed by atoms with van der Waals surface area (Å²) in [6.45, 7) is 5.69. The Bertz CT molecular complexity index is 361. The first-order valence-corrected chi connectivity index (χ1v) is 5.37. The summed E-state index contributed by atoms with van der Waals surface area (Å²) in [5.41, 5.74) is 7.75. The van der Waals surface area contributed by atoms with Crippen LogP contribution >= 0.6 is 0 Å². The molecule has 0 aliphatic carbocycles. The summed E-state index contributed by atoms with van der Waals surface area (Å²) in [5, 5.41) is 3.39. The second-order valence-corrected chi connectivity index (χ2v) is 4.58. The summed E-state index contributed by atoms with van der Waals surface area (Å²) in [6, 6.07) is 6.22. The van der Waals surface area contributed by atoms with Crippen LogP contribution in [0.15, 0.2) is 18.2 Å². The van der Waals surface area contributed by atoms with Gasteiger partial charge in [-0.2, -0.15) is 0 Å². The lowest BCUT2D eigenvalue weighted by Gasteiger charge is -2.33. The number of hydrogen-bond donors (Lipinski definition) is 2. The summed E-state index contributed by atoms with van der Waals surface area (Å²) in [5.74, 6) is 0.937. The standard InChI is InChI=1S/C12H18N2O/c1-12(2)8-14-10-7-9(5-6-13)3-4-11(10)15-12/h3-4,7,14H,5-6,8,13H2,1-2H3. The normalized spacial score (nSPS) is 17.5. The maximum Gasteiger partial charge on any atom is 0.143 e. The van der Waals surface area contributed by atoms with E-state index in [2.05, 4.69) is 31.3 Å². The summed E-state index contributed by atoms with van der Waals surface area (Å²) in [4.78, 5) is 0. The van der Waals surface area contributed by atoms with Crippen molar-refractivity contribution in [1.82, 2.24) is 0 Å². The van der Waals surface area contributed by atoms with Gasteiger partial charge in [-0.3, -0.25) is 0 Å². The van der Waals surface area contributed by atoms with E-state index in [1.54, 1.807) is 0 Å². The van der Waals surface area contributed by atoms with Gasteiger partial charge in [0, 0.05) is 0 Å². The molecule has 3 heteroatoms. The fraction of sp³-hybridized carbons (Fsp3) is 0.500. The largest absolute Gasteiger partial charge is 0.484 e. The van der Waals surface area contributed by atoms with E-state index < -0.39 is 0 Å². The van der Waals surface area contributed by atoms with Gasteiger partial charge in [0.05, 0.1) is 12.2 Å². The molecule has 0 saturated heterocycles. The first-order valence-electron chi connectivity index (χ1n) is 5.37. The van der Waals surface area contributed by atoms with Crippen molar-refractivity contribution >= 4 is 5.69 Å². The molecule has 3 N–H and O–H groups in total. The summed E-state index contributed by atoms with van der Waals surface area (Å²) in [7, 11) is 0. The lowest BCUT2D eigenvalue weighted by molar-refractivity contribution is 0.116. The second-order valence-electron chi connectivity index (χ2n) is 4.58. The van der Waals surface area contributed by atoms with E-state index >= 15 is 0 Å². The molecule has 0 radical (unpaired) electrons. The van der Waals surface area contributed by atoms with Gasteiger partial charge in [0.15, 0.2) is 0 Å². The number of rotatable bonds is 2. The Morgan fingerprint density at radius 2 is 2.27 bits per heavy atom. The molecule has 1 aromatic carbocycles. The Morgan fingerprint density at radius 1 is 1.47 bits per heavy atom. The zero-order valence-corrected chi connectivity index (χ0v) is 9.34. The van der Waals surface area contributed by atoms with Crippen LogP contribution in [0, 0.1) is 0 Å². The van der Waals surface area contributed by atoms with Crippen molar-refractivity contribution in [3.8, 4) is 5.75 Å². The number of nitrogens with two attached hydrogens (primary N) is 1. The van der Waals surface area contributed by atoms with Crippen LogP contribution in [0.4, 0.5) is 5.69 Å². The minimum Gasteiger partial charge on any atom is -0.484 e. The predicted octanol–water partition coefficient (Wildman–Crippen LogP) is 1.77. The van der Waals surface area contributed by atoms with Crippen LogP contribution in [0.1, 0.15) is 19.4 Å². The number of benzene rings is 1. The molecule has 0 saturated carbocycles. The minimum absolute atomic E-state index is 0.123. The van der Waals surface area contributed by atoms with Crippen LogP contribution in [0.3, 0.4) is 0 Å². The highest BCUT2D eigenvalue weighted by molar-refractivity contribution is 5.60. The lowest BCUT2D eigenvalue weighted by atomic mass is 10.1. The molecule has 0 atom stereocenters. The molecule has 1 aromatic rings. The Morgan fingerprint density at radius 3 is 3.00 bits per heavy atom. The molecule has 1 aliphatic rings. The third-order valence-electron chi connectivity index (χ3n) is 2.57. The molecule has 3 nitrogen and oxygen atoms in total. The Hall–Kier alpha value is -1.22. The molecule has 0 unspecified atom stereocenters. The Kier molecular flexibility index (Phi) is 2.57. The second kappa shape index (κ2) is 3.74. The van der Waals surface area contributed by atoms with E-state index in [1.807, 2.05) is 6.07 Å². The van der Waals surface area contributed by atoms with Crippen LogP contribution in [0.5, 0.6) is 5.75 Å². The zero-order chi connectivity index (χ0) is 10.9. The van der Waals surface area contributed by atoms with Gasteiger partial charge in [-0.25, -0.2) is 0 Å². The van der Waals surface area contributed by atoms with Crippen molar-refractivity contribution in [2.45, 2.75) is 25.9 Å². The van der Waals surface area contributed by atoms with E-state index in [9.17, 15) is 0 Å². The highest BCUT2D eigenvalue weighted by Gasteiger charge is 2.25. The Balaban J connectivity index is 2.24. The summed E-state index contributed by atoms with van der Waals surface area (Å²) in [6.07, 6.45) is 0.915. The number of hydrogen-bond acceptors (Lipinski definition) is 3. The number of fused-ring (bicyclic) bond motifs is 1. The van der Waals surface area contributed by atoms with Crippen LogP contribution in [0.25, 0.3) is 0 Å². The average Bonchev–Trinajstić information content (AvgIpc) is 2.18. The molecule has 0 bridgehead atoms. The van der Waals surface area contributed by atoms with Crippen molar-refractivity contribution in [2.24, 2.45) is 5.73 Å². The van der Waals surface area contributed by atoms with Crippen LogP contribution in [0.2, 0.25) is 0 Å². The van der Waals surface area contributed by atoms with Crippen molar-refractivity contribution in [1.29, 1.82) is 0 Å². The fourth-order valence-electron chi connectivity index (χ4n) is 1.77. The third kappa shape index (κ3) is 2.23. The molecule has 0 spiro atoms. The van der Waals surface area contributed by atoms with Gasteiger partial charge >= 0.3 is 0 Å². The topological polar surface area (TPSA) is 47.3 Å². The zero-order valence-electron chi connectivity index (χ0n) is 9.34. The van der Waals surface area contributed by atoms with Crippen LogP contribution < -0.4 is 15.8 Å². The number of nitrogens with one attached hydrogen (secondary N) is 1. The molecule has 0 aromatic heterocycles. The lowest BCUT2D eigenvalue weighted by Crippen LogP contribution is -2.40.